The van der Waals surface area contributed by atoms with Crippen LogP contribution in [0.25, 0.3) is 11.3 Å². The van der Waals surface area contributed by atoms with Gasteiger partial charge in [-0.3, -0.25) is 14.9 Å². The molecule has 0 saturated heterocycles. The molecule has 0 unspecified atom stereocenters. The Balaban J connectivity index is 1.55. The zero-order valence-electron chi connectivity index (χ0n) is 12.9. The van der Waals surface area contributed by atoms with Gasteiger partial charge in [0.2, 0.25) is 0 Å². The number of H-pyrrole nitrogens is 1. The van der Waals surface area contributed by atoms with Crippen LogP contribution >= 0.6 is 0 Å². The van der Waals surface area contributed by atoms with E-state index in [9.17, 15) is 4.79 Å². The molecule has 3 aromatic rings. The van der Waals surface area contributed by atoms with E-state index in [-0.39, 0.29) is 5.91 Å². The van der Waals surface area contributed by atoms with Crippen LogP contribution in [0.2, 0.25) is 0 Å². The highest BCUT2D eigenvalue weighted by atomic mass is 16.2. The highest BCUT2D eigenvalue weighted by Crippen LogP contribution is 2.33. The van der Waals surface area contributed by atoms with Crippen molar-refractivity contribution >= 4 is 12.1 Å². The van der Waals surface area contributed by atoms with Gasteiger partial charge in [-0.2, -0.15) is 10.2 Å². The van der Waals surface area contributed by atoms with Gasteiger partial charge in [0.25, 0.3) is 5.91 Å². The number of benzene rings is 1. The number of nitrogens with zero attached hydrogens (tertiary/aromatic N) is 3. The minimum atomic E-state index is -0.296. The Morgan fingerprint density at radius 2 is 2.04 bits per heavy atom. The Morgan fingerprint density at radius 1 is 1.17 bits per heavy atom. The van der Waals surface area contributed by atoms with Crippen LogP contribution in [-0.4, -0.2) is 27.3 Å². The Labute approximate surface area is 138 Å². The SMILES string of the molecule is O=C(N/N=C\c1ccccn1)c1[nH]nc2c1CCc1ccccc1-2. The van der Waals surface area contributed by atoms with Crippen LogP contribution in [0.4, 0.5) is 0 Å². The van der Waals surface area contributed by atoms with E-state index in [2.05, 4.69) is 31.8 Å². The van der Waals surface area contributed by atoms with E-state index < -0.39 is 0 Å². The molecule has 0 saturated carbocycles. The number of rotatable bonds is 3. The lowest BCUT2D eigenvalue weighted by Crippen LogP contribution is -2.20. The van der Waals surface area contributed by atoms with Gasteiger partial charge >= 0.3 is 0 Å². The number of hydrogen-bond donors (Lipinski definition) is 2. The van der Waals surface area contributed by atoms with E-state index in [1.807, 2.05) is 36.4 Å². The maximum atomic E-state index is 12.4. The fourth-order valence-corrected chi connectivity index (χ4v) is 2.91. The van der Waals surface area contributed by atoms with E-state index >= 15 is 0 Å². The van der Waals surface area contributed by atoms with E-state index in [4.69, 9.17) is 0 Å². The molecule has 1 amide bonds. The van der Waals surface area contributed by atoms with Gasteiger partial charge in [-0.05, 0) is 30.5 Å². The number of hydrazone groups is 1. The predicted molar refractivity (Wildman–Crippen MR) is 90.7 cm³/mol. The molecule has 2 heterocycles. The van der Waals surface area contributed by atoms with Crippen molar-refractivity contribution in [2.24, 2.45) is 5.10 Å². The van der Waals surface area contributed by atoms with Crippen molar-refractivity contribution in [3.05, 3.63) is 71.2 Å². The van der Waals surface area contributed by atoms with Crippen molar-refractivity contribution in [1.29, 1.82) is 0 Å². The predicted octanol–water partition coefficient (Wildman–Crippen LogP) is 2.33. The minimum Gasteiger partial charge on any atom is -0.272 e. The van der Waals surface area contributed by atoms with Crippen molar-refractivity contribution in [2.75, 3.05) is 0 Å². The Hall–Kier alpha value is -3.28. The van der Waals surface area contributed by atoms with Gasteiger partial charge in [0.15, 0.2) is 0 Å². The molecule has 0 atom stereocenters. The molecule has 1 aliphatic carbocycles. The summed E-state index contributed by atoms with van der Waals surface area (Å²) in [6.45, 7) is 0. The summed E-state index contributed by atoms with van der Waals surface area (Å²) in [6.07, 6.45) is 4.87. The van der Waals surface area contributed by atoms with Crippen LogP contribution in [0.1, 0.15) is 27.3 Å². The number of fused-ring (bicyclic) bond motifs is 3. The van der Waals surface area contributed by atoms with Gasteiger partial charge < -0.3 is 0 Å². The monoisotopic (exact) mass is 317 g/mol. The molecular weight excluding hydrogens is 302 g/mol. The molecule has 1 aromatic carbocycles. The molecule has 0 radical (unpaired) electrons. The van der Waals surface area contributed by atoms with Gasteiger partial charge in [-0.25, -0.2) is 5.43 Å². The molecule has 2 aromatic heterocycles. The summed E-state index contributed by atoms with van der Waals surface area (Å²) < 4.78 is 0. The molecule has 0 spiro atoms. The molecule has 0 fully saturated rings. The first-order valence-corrected chi connectivity index (χ1v) is 7.73. The molecule has 1 aliphatic rings. The van der Waals surface area contributed by atoms with E-state index in [0.717, 1.165) is 29.7 Å². The average molecular weight is 317 g/mol. The molecule has 6 nitrogen and oxygen atoms in total. The maximum absolute atomic E-state index is 12.4. The van der Waals surface area contributed by atoms with E-state index in [1.165, 1.54) is 11.8 Å². The second-order valence-electron chi connectivity index (χ2n) is 5.54. The third kappa shape index (κ3) is 2.58. The molecule has 4 rings (SSSR count). The summed E-state index contributed by atoms with van der Waals surface area (Å²) in [6, 6.07) is 13.6. The van der Waals surface area contributed by atoms with Gasteiger partial charge in [0.1, 0.15) is 5.69 Å². The lowest BCUT2D eigenvalue weighted by Gasteiger charge is -2.15. The quantitative estimate of drug-likeness (QED) is 0.574. The summed E-state index contributed by atoms with van der Waals surface area (Å²) in [5.41, 5.74) is 7.83. The summed E-state index contributed by atoms with van der Waals surface area (Å²) in [5.74, 6) is -0.296. The standard InChI is InChI=1S/C18H15N5O/c24-18(23-20-11-13-6-3-4-10-19-13)17-15-9-8-12-5-1-2-7-14(12)16(15)21-22-17/h1-7,10-11H,8-9H2,(H,21,22)(H,23,24)/b20-11-. The third-order valence-corrected chi connectivity index (χ3v) is 4.06. The van der Waals surface area contributed by atoms with Crippen LogP contribution in [0, 0.1) is 0 Å². The highest BCUT2D eigenvalue weighted by molar-refractivity contribution is 5.96. The van der Waals surface area contributed by atoms with Crippen LogP contribution in [0.15, 0.2) is 53.8 Å². The number of hydrogen-bond acceptors (Lipinski definition) is 4. The molecule has 6 heteroatoms. The lowest BCUT2D eigenvalue weighted by molar-refractivity contribution is 0.0949. The first-order chi connectivity index (χ1) is 11.8. The molecule has 24 heavy (non-hydrogen) atoms. The zero-order chi connectivity index (χ0) is 16.4. The number of aryl methyl sites for hydroxylation is 1. The number of pyridine rings is 1. The summed E-state index contributed by atoms with van der Waals surface area (Å²) in [7, 11) is 0. The van der Waals surface area contributed by atoms with Crippen LogP contribution in [-0.2, 0) is 12.8 Å². The Morgan fingerprint density at radius 3 is 2.92 bits per heavy atom. The second-order valence-corrected chi connectivity index (χ2v) is 5.54. The lowest BCUT2D eigenvalue weighted by atomic mass is 9.89. The summed E-state index contributed by atoms with van der Waals surface area (Å²) >= 11 is 0. The van der Waals surface area contributed by atoms with Crippen molar-refractivity contribution in [3.8, 4) is 11.3 Å². The number of aromatic amines is 1. The van der Waals surface area contributed by atoms with Crippen molar-refractivity contribution < 1.29 is 4.79 Å². The first kappa shape index (κ1) is 14.3. The van der Waals surface area contributed by atoms with E-state index in [0.29, 0.717) is 11.4 Å². The van der Waals surface area contributed by atoms with Gasteiger partial charge in [-0.1, -0.05) is 30.3 Å². The smallest absolute Gasteiger partial charge is 0.272 e. The normalized spacial score (nSPS) is 12.7. The fraction of sp³-hybridized carbons (Fsp3) is 0.111. The first-order valence-electron chi connectivity index (χ1n) is 7.73. The fourth-order valence-electron chi connectivity index (χ4n) is 2.91. The number of nitrogens with one attached hydrogen (secondary N) is 2. The van der Waals surface area contributed by atoms with E-state index in [1.54, 1.807) is 6.20 Å². The van der Waals surface area contributed by atoms with Crippen molar-refractivity contribution in [1.82, 2.24) is 20.6 Å². The van der Waals surface area contributed by atoms with Gasteiger partial charge in [0, 0.05) is 17.3 Å². The third-order valence-electron chi connectivity index (χ3n) is 4.06. The molecular formula is C18H15N5O. The molecule has 0 bridgehead atoms. The molecule has 2 N–H and O–H groups in total. The van der Waals surface area contributed by atoms with Crippen LogP contribution in [0.5, 0.6) is 0 Å². The molecule has 118 valence electrons. The van der Waals surface area contributed by atoms with Crippen molar-refractivity contribution in [3.63, 3.8) is 0 Å². The topological polar surface area (TPSA) is 83.0 Å². The zero-order valence-corrected chi connectivity index (χ0v) is 12.9. The largest absolute Gasteiger partial charge is 0.289 e. The number of carbonyl (C=O) groups is 1. The maximum Gasteiger partial charge on any atom is 0.289 e. The average Bonchev–Trinajstić information content (AvgIpc) is 3.07. The Kier molecular flexibility index (Phi) is 3.63. The number of aromatic nitrogens is 3. The van der Waals surface area contributed by atoms with Gasteiger partial charge in [0.05, 0.1) is 17.6 Å². The summed E-state index contributed by atoms with van der Waals surface area (Å²) in [4.78, 5) is 16.5. The highest BCUT2D eigenvalue weighted by Gasteiger charge is 2.24. The minimum absolute atomic E-state index is 0.296. The number of carbonyl (C=O) groups excluding carboxylic acids is 1. The number of amides is 1. The van der Waals surface area contributed by atoms with Crippen molar-refractivity contribution in [2.45, 2.75) is 12.8 Å². The summed E-state index contributed by atoms with van der Waals surface area (Å²) in [5, 5.41) is 11.1. The van der Waals surface area contributed by atoms with Crippen LogP contribution < -0.4 is 5.43 Å². The second kappa shape index (κ2) is 6.08. The van der Waals surface area contributed by atoms with Crippen LogP contribution in [0.3, 0.4) is 0 Å². The Bertz CT molecular complexity index is 914. The van der Waals surface area contributed by atoms with Gasteiger partial charge in [-0.15, -0.1) is 0 Å². The molecule has 0 aliphatic heterocycles.